The quantitative estimate of drug-likeness (QED) is 0.720. The van der Waals surface area contributed by atoms with E-state index in [9.17, 15) is 9.59 Å². The third kappa shape index (κ3) is 3.94. The predicted octanol–water partition coefficient (Wildman–Crippen LogP) is 2.11. The van der Waals surface area contributed by atoms with Gasteiger partial charge < -0.3 is 19.1 Å². The first kappa shape index (κ1) is 15.6. The second-order valence-corrected chi connectivity index (χ2v) is 5.78. The van der Waals surface area contributed by atoms with Crippen LogP contribution in [0.3, 0.4) is 0 Å². The maximum Gasteiger partial charge on any atom is 0.307 e. The normalized spacial score (nSPS) is 15.3. The Hall–Kier alpha value is -2.24. The Morgan fingerprint density at radius 1 is 1.26 bits per heavy atom. The third-order valence-corrected chi connectivity index (χ3v) is 3.94. The van der Waals surface area contributed by atoms with E-state index in [-0.39, 0.29) is 31.0 Å². The number of benzene rings is 1. The Labute approximate surface area is 135 Å². The summed E-state index contributed by atoms with van der Waals surface area (Å²) in [7, 11) is 0. The van der Waals surface area contributed by atoms with Crippen LogP contribution in [0.4, 0.5) is 0 Å². The van der Waals surface area contributed by atoms with Gasteiger partial charge in [0.15, 0.2) is 11.5 Å². The lowest BCUT2D eigenvalue weighted by atomic mass is 10.1. The number of carbonyl (C=O) groups is 2. The van der Waals surface area contributed by atoms with Crippen LogP contribution in [0.5, 0.6) is 11.5 Å². The fourth-order valence-electron chi connectivity index (χ4n) is 2.57. The average molecular weight is 319 g/mol. The Morgan fingerprint density at radius 2 is 2.04 bits per heavy atom. The number of esters is 1. The standard InChI is InChI=1S/C17H21NO5/c1-2-21-16(19)7-8-18(17(20)13-4-5-13)10-12-3-6-14-15(9-12)23-11-22-14/h3,6,9,13H,2,4-5,7-8,10-11H2,1H3. The molecular weight excluding hydrogens is 298 g/mol. The van der Waals surface area contributed by atoms with Crippen LogP contribution in [0.2, 0.25) is 0 Å². The molecule has 1 amide bonds. The number of fused-ring (bicyclic) bond motifs is 1. The molecular formula is C17H21NO5. The van der Waals surface area contributed by atoms with Crippen LogP contribution in [0.15, 0.2) is 18.2 Å². The molecule has 0 N–H and O–H groups in total. The first-order valence-electron chi connectivity index (χ1n) is 8.00. The van der Waals surface area contributed by atoms with E-state index in [1.54, 1.807) is 11.8 Å². The smallest absolute Gasteiger partial charge is 0.307 e. The maximum absolute atomic E-state index is 12.4. The monoisotopic (exact) mass is 319 g/mol. The average Bonchev–Trinajstić information content (AvgIpc) is 3.29. The van der Waals surface area contributed by atoms with Crippen LogP contribution in [0.25, 0.3) is 0 Å². The van der Waals surface area contributed by atoms with Gasteiger partial charge in [-0.15, -0.1) is 0 Å². The van der Waals surface area contributed by atoms with Crippen LogP contribution in [0, 0.1) is 5.92 Å². The first-order valence-corrected chi connectivity index (χ1v) is 8.00. The molecule has 6 heteroatoms. The van der Waals surface area contributed by atoms with Crippen molar-refractivity contribution in [3.8, 4) is 11.5 Å². The molecule has 0 atom stereocenters. The molecule has 6 nitrogen and oxygen atoms in total. The van der Waals surface area contributed by atoms with Crippen molar-refractivity contribution in [1.29, 1.82) is 0 Å². The number of rotatable bonds is 7. The van der Waals surface area contributed by atoms with Crippen molar-refractivity contribution in [1.82, 2.24) is 4.90 Å². The molecule has 124 valence electrons. The SMILES string of the molecule is CCOC(=O)CCN(Cc1ccc2c(c1)OCO2)C(=O)C1CC1. The molecule has 0 aromatic heterocycles. The van der Waals surface area contributed by atoms with E-state index in [1.807, 2.05) is 18.2 Å². The highest BCUT2D eigenvalue weighted by molar-refractivity contribution is 5.81. The minimum absolute atomic E-state index is 0.117. The molecule has 1 saturated carbocycles. The summed E-state index contributed by atoms with van der Waals surface area (Å²) in [6.07, 6.45) is 2.10. The molecule has 1 aliphatic heterocycles. The van der Waals surface area contributed by atoms with E-state index < -0.39 is 0 Å². The van der Waals surface area contributed by atoms with Gasteiger partial charge in [0, 0.05) is 19.0 Å². The molecule has 0 saturated heterocycles. The summed E-state index contributed by atoms with van der Waals surface area (Å²) in [5, 5.41) is 0. The van der Waals surface area contributed by atoms with Crippen LogP contribution < -0.4 is 9.47 Å². The van der Waals surface area contributed by atoms with Gasteiger partial charge in [-0.1, -0.05) is 6.07 Å². The first-order chi connectivity index (χ1) is 11.2. The Morgan fingerprint density at radius 3 is 2.78 bits per heavy atom. The van der Waals surface area contributed by atoms with Gasteiger partial charge in [-0.2, -0.15) is 0 Å². The molecule has 2 aliphatic rings. The van der Waals surface area contributed by atoms with E-state index >= 15 is 0 Å². The zero-order chi connectivity index (χ0) is 16.2. The van der Waals surface area contributed by atoms with Crippen LogP contribution in [-0.4, -0.2) is 36.7 Å². The molecule has 1 aromatic carbocycles. The van der Waals surface area contributed by atoms with Crippen LogP contribution >= 0.6 is 0 Å². The van der Waals surface area contributed by atoms with Gasteiger partial charge in [0.25, 0.3) is 0 Å². The van der Waals surface area contributed by atoms with E-state index in [1.165, 1.54) is 0 Å². The molecule has 1 fully saturated rings. The van der Waals surface area contributed by atoms with Crippen molar-refractivity contribution in [2.45, 2.75) is 32.7 Å². The lowest BCUT2D eigenvalue weighted by Gasteiger charge is -2.22. The zero-order valence-corrected chi connectivity index (χ0v) is 13.2. The largest absolute Gasteiger partial charge is 0.466 e. The zero-order valence-electron chi connectivity index (χ0n) is 13.2. The van der Waals surface area contributed by atoms with Gasteiger partial charge in [0.1, 0.15) is 0 Å². The molecule has 0 unspecified atom stereocenters. The molecule has 1 aromatic rings. The third-order valence-electron chi connectivity index (χ3n) is 3.94. The van der Waals surface area contributed by atoms with Gasteiger partial charge in [0.2, 0.25) is 12.7 Å². The van der Waals surface area contributed by atoms with E-state index in [4.69, 9.17) is 14.2 Å². The lowest BCUT2D eigenvalue weighted by Crippen LogP contribution is -2.34. The van der Waals surface area contributed by atoms with Gasteiger partial charge >= 0.3 is 5.97 Å². The second kappa shape index (κ2) is 6.89. The van der Waals surface area contributed by atoms with E-state index in [0.717, 1.165) is 24.2 Å². The Kier molecular flexibility index (Phi) is 4.69. The number of hydrogen-bond donors (Lipinski definition) is 0. The van der Waals surface area contributed by atoms with Gasteiger partial charge in [-0.05, 0) is 37.5 Å². The minimum Gasteiger partial charge on any atom is -0.466 e. The Balaban J connectivity index is 1.65. The summed E-state index contributed by atoms with van der Waals surface area (Å²) < 4.78 is 15.6. The minimum atomic E-state index is -0.271. The Bertz CT molecular complexity index is 597. The van der Waals surface area contributed by atoms with Crippen LogP contribution in [0.1, 0.15) is 31.7 Å². The molecule has 3 rings (SSSR count). The van der Waals surface area contributed by atoms with E-state index in [0.29, 0.717) is 25.4 Å². The van der Waals surface area contributed by atoms with Gasteiger partial charge in [0.05, 0.1) is 13.0 Å². The number of nitrogens with zero attached hydrogens (tertiary/aromatic N) is 1. The number of ether oxygens (including phenoxy) is 3. The molecule has 0 bridgehead atoms. The number of hydrogen-bond acceptors (Lipinski definition) is 5. The highest BCUT2D eigenvalue weighted by Crippen LogP contribution is 2.34. The summed E-state index contributed by atoms with van der Waals surface area (Å²) in [6, 6.07) is 5.66. The highest BCUT2D eigenvalue weighted by Gasteiger charge is 2.33. The molecule has 0 spiro atoms. The van der Waals surface area contributed by atoms with Gasteiger partial charge in [-0.3, -0.25) is 9.59 Å². The van der Waals surface area contributed by atoms with Crippen molar-refractivity contribution in [2.24, 2.45) is 5.92 Å². The summed E-state index contributed by atoms with van der Waals surface area (Å²) in [5.41, 5.74) is 0.965. The maximum atomic E-state index is 12.4. The second-order valence-electron chi connectivity index (χ2n) is 5.78. The topological polar surface area (TPSA) is 65.1 Å². The van der Waals surface area contributed by atoms with Crippen molar-refractivity contribution >= 4 is 11.9 Å². The predicted molar refractivity (Wildman–Crippen MR) is 82.0 cm³/mol. The highest BCUT2D eigenvalue weighted by atomic mass is 16.7. The number of amides is 1. The molecule has 0 radical (unpaired) electrons. The molecule has 1 aliphatic carbocycles. The molecule has 23 heavy (non-hydrogen) atoms. The van der Waals surface area contributed by atoms with Crippen molar-refractivity contribution in [3.05, 3.63) is 23.8 Å². The fourth-order valence-corrected chi connectivity index (χ4v) is 2.57. The van der Waals surface area contributed by atoms with Crippen molar-refractivity contribution < 1.29 is 23.8 Å². The van der Waals surface area contributed by atoms with Crippen molar-refractivity contribution in [2.75, 3.05) is 19.9 Å². The van der Waals surface area contributed by atoms with Crippen molar-refractivity contribution in [3.63, 3.8) is 0 Å². The lowest BCUT2D eigenvalue weighted by molar-refractivity contribution is -0.144. The summed E-state index contributed by atoms with van der Waals surface area (Å²) in [5.74, 6) is 1.39. The molecule has 1 heterocycles. The fraction of sp³-hybridized carbons (Fsp3) is 0.529. The van der Waals surface area contributed by atoms with Gasteiger partial charge in [-0.25, -0.2) is 0 Å². The summed E-state index contributed by atoms with van der Waals surface area (Å²) >= 11 is 0. The summed E-state index contributed by atoms with van der Waals surface area (Å²) in [4.78, 5) is 25.7. The van der Waals surface area contributed by atoms with Crippen LogP contribution in [-0.2, 0) is 20.9 Å². The van der Waals surface area contributed by atoms with E-state index in [2.05, 4.69) is 0 Å². The summed E-state index contributed by atoms with van der Waals surface area (Å²) in [6.45, 7) is 3.20. The number of carbonyl (C=O) groups excluding carboxylic acids is 2.